The van der Waals surface area contributed by atoms with E-state index in [1.54, 1.807) is 25.4 Å². The first kappa shape index (κ1) is 18.7. The van der Waals surface area contributed by atoms with Gasteiger partial charge in [0.2, 0.25) is 0 Å². The average Bonchev–Trinajstić information content (AvgIpc) is 2.97. The first-order valence-corrected chi connectivity index (χ1v) is 9.35. The molecule has 24 heavy (non-hydrogen) atoms. The van der Waals surface area contributed by atoms with Gasteiger partial charge in [0.1, 0.15) is 0 Å². The number of aromatic nitrogens is 1. The number of hydrogen-bond acceptors (Lipinski definition) is 7. The summed E-state index contributed by atoms with van der Waals surface area (Å²) in [4.78, 5) is 28.0. The van der Waals surface area contributed by atoms with Crippen molar-refractivity contribution in [3.63, 3.8) is 0 Å². The van der Waals surface area contributed by atoms with E-state index in [1.807, 2.05) is 24.3 Å². The molecule has 0 spiro atoms. The number of para-hydroxylation sites is 1. The molecule has 0 bridgehead atoms. The van der Waals surface area contributed by atoms with Crippen LogP contribution >= 0.6 is 23.1 Å². The minimum Gasteiger partial charge on any atom is -0.453 e. The molecular weight excluding hydrogens is 348 g/mol. The van der Waals surface area contributed by atoms with Crippen molar-refractivity contribution in [2.45, 2.75) is 23.8 Å². The predicted molar refractivity (Wildman–Crippen MR) is 95.4 cm³/mol. The van der Waals surface area contributed by atoms with Crippen LogP contribution in [0.2, 0.25) is 0 Å². The molecule has 0 radical (unpaired) electrons. The van der Waals surface area contributed by atoms with Gasteiger partial charge in [0.05, 0.1) is 23.2 Å². The van der Waals surface area contributed by atoms with E-state index in [0.29, 0.717) is 18.9 Å². The predicted octanol–water partition coefficient (Wildman–Crippen LogP) is 2.47. The maximum Gasteiger partial charge on any atom is 0.307 e. The average molecular weight is 368 g/mol. The van der Waals surface area contributed by atoms with E-state index in [9.17, 15) is 9.59 Å². The summed E-state index contributed by atoms with van der Waals surface area (Å²) in [6.07, 6.45) is -0.571. The number of amides is 1. The van der Waals surface area contributed by atoms with Gasteiger partial charge in [-0.3, -0.25) is 9.59 Å². The smallest absolute Gasteiger partial charge is 0.307 e. The molecule has 0 saturated heterocycles. The van der Waals surface area contributed by atoms with Gasteiger partial charge in [-0.1, -0.05) is 23.9 Å². The molecule has 0 aliphatic carbocycles. The van der Waals surface area contributed by atoms with Crippen molar-refractivity contribution < 1.29 is 19.1 Å². The molecule has 0 aliphatic rings. The highest BCUT2D eigenvalue weighted by atomic mass is 32.2. The molecule has 0 unspecified atom stereocenters. The second-order valence-electron chi connectivity index (χ2n) is 4.96. The largest absolute Gasteiger partial charge is 0.453 e. The fourth-order valence-corrected chi connectivity index (χ4v) is 3.92. The fraction of sp³-hybridized carbons (Fsp3) is 0.438. The molecule has 2 rings (SSSR count). The van der Waals surface area contributed by atoms with Gasteiger partial charge in [0.15, 0.2) is 10.4 Å². The van der Waals surface area contributed by atoms with Gasteiger partial charge in [-0.15, -0.1) is 11.3 Å². The fourth-order valence-electron chi connectivity index (χ4n) is 1.86. The Balaban J connectivity index is 1.69. The molecule has 1 amide bonds. The summed E-state index contributed by atoms with van der Waals surface area (Å²) in [6.45, 7) is 2.37. The molecule has 1 aromatic heterocycles. The van der Waals surface area contributed by atoms with E-state index >= 15 is 0 Å². The number of thiazole rings is 1. The maximum absolute atomic E-state index is 11.8. The third kappa shape index (κ3) is 5.77. The molecule has 130 valence electrons. The van der Waals surface area contributed by atoms with Crippen LogP contribution in [0.1, 0.15) is 13.3 Å². The quantitative estimate of drug-likeness (QED) is 0.416. The van der Waals surface area contributed by atoms with Crippen molar-refractivity contribution in [1.82, 2.24) is 10.3 Å². The number of rotatable bonds is 9. The van der Waals surface area contributed by atoms with Crippen LogP contribution in [0.15, 0.2) is 28.6 Å². The van der Waals surface area contributed by atoms with E-state index in [1.165, 1.54) is 11.8 Å². The van der Waals surface area contributed by atoms with Gasteiger partial charge < -0.3 is 14.8 Å². The Bertz CT molecular complexity index is 657. The maximum atomic E-state index is 11.8. The highest BCUT2D eigenvalue weighted by molar-refractivity contribution is 8.01. The third-order valence-corrected chi connectivity index (χ3v) is 5.27. The van der Waals surface area contributed by atoms with Crippen molar-refractivity contribution in [3.05, 3.63) is 24.3 Å². The van der Waals surface area contributed by atoms with Crippen LogP contribution in [0.4, 0.5) is 0 Å². The van der Waals surface area contributed by atoms with Gasteiger partial charge in [-0.05, 0) is 19.1 Å². The van der Waals surface area contributed by atoms with Crippen LogP contribution in [-0.4, -0.2) is 49.0 Å². The van der Waals surface area contributed by atoms with Gasteiger partial charge in [0.25, 0.3) is 5.91 Å². The number of carbonyl (C=O) groups excluding carboxylic acids is 2. The summed E-state index contributed by atoms with van der Waals surface area (Å²) in [5.74, 6) is -0.145. The lowest BCUT2D eigenvalue weighted by molar-refractivity contribution is -0.154. The normalized spacial score (nSPS) is 12.1. The number of fused-ring (bicyclic) bond motifs is 1. The number of carbonyl (C=O) groups is 2. The molecule has 1 atom stereocenters. The van der Waals surface area contributed by atoms with E-state index in [0.717, 1.165) is 14.6 Å². The zero-order chi connectivity index (χ0) is 17.4. The Kier molecular flexibility index (Phi) is 7.48. The van der Waals surface area contributed by atoms with E-state index in [2.05, 4.69) is 10.3 Å². The Morgan fingerprint density at radius 2 is 2.17 bits per heavy atom. The number of methoxy groups -OCH3 is 1. The Hall–Kier alpha value is -1.64. The number of thioether (sulfide) groups is 1. The standard InChI is InChI=1S/C16H20N2O4S2/c1-11(15(20)17-8-9-21-2)22-14(19)7-10-23-16-18-12-5-3-4-6-13(12)24-16/h3-6,11H,7-10H2,1-2H3,(H,17,20)/t11-/m1/s1. The van der Waals surface area contributed by atoms with Gasteiger partial charge in [0, 0.05) is 19.4 Å². The van der Waals surface area contributed by atoms with Crippen LogP contribution in [0.3, 0.4) is 0 Å². The lowest BCUT2D eigenvalue weighted by atomic mass is 10.3. The minimum atomic E-state index is -0.804. The molecular formula is C16H20N2O4S2. The van der Waals surface area contributed by atoms with Crippen LogP contribution in [0.25, 0.3) is 10.2 Å². The molecule has 6 nitrogen and oxygen atoms in total. The Morgan fingerprint density at radius 1 is 1.38 bits per heavy atom. The molecule has 1 N–H and O–H groups in total. The summed E-state index contributed by atoms with van der Waals surface area (Å²) in [7, 11) is 1.55. The van der Waals surface area contributed by atoms with Crippen LogP contribution in [-0.2, 0) is 19.1 Å². The highest BCUT2D eigenvalue weighted by Crippen LogP contribution is 2.29. The van der Waals surface area contributed by atoms with Crippen LogP contribution in [0, 0.1) is 0 Å². The van der Waals surface area contributed by atoms with E-state index in [4.69, 9.17) is 9.47 Å². The monoisotopic (exact) mass is 368 g/mol. The van der Waals surface area contributed by atoms with Crippen molar-refractivity contribution in [2.75, 3.05) is 26.0 Å². The second-order valence-corrected chi connectivity index (χ2v) is 7.33. The molecule has 0 saturated carbocycles. The van der Waals surface area contributed by atoms with Crippen molar-refractivity contribution in [2.24, 2.45) is 0 Å². The van der Waals surface area contributed by atoms with Gasteiger partial charge in [-0.25, -0.2) is 4.98 Å². The summed E-state index contributed by atoms with van der Waals surface area (Å²) in [5.41, 5.74) is 0.967. The number of hydrogen-bond donors (Lipinski definition) is 1. The number of benzene rings is 1. The van der Waals surface area contributed by atoms with Crippen molar-refractivity contribution >= 4 is 45.2 Å². The van der Waals surface area contributed by atoms with Crippen molar-refractivity contribution in [1.29, 1.82) is 0 Å². The molecule has 0 aliphatic heterocycles. The summed E-state index contributed by atoms with van der Waals surface area (Å²) in [5, 5.41) is 2.63. The first-order valence-electron chi connectivity index (χ1n) is 7.54. The summed E-state index contributed by atoms with van der Waals surface area (Å²) in [6, 6.07) is 7.92. The molecule has 8 heteroatoms. The zero-order valence-corrected chi connectivity index (χ0v) is 15.2. The highest BCUT2D eigenvalue weighted by Gasteiger charge is 2.17. The minimum absolute atomic E-state index is 0.232. The summed E-state index contributed by atoms with van der Waals surface area (Å²) < 4.78 is 12.0. The molecule has 1 aromatic carbocycles. The van der Waals surface area contributed by atoms with Gasteiger partial charge >= 0.3 is 5.97 Å². The number of nitrogens with zero attached hydrogens (tertiary/aromatic N) is 1. The second kappa shape index (κ2) is 9.61. The molecule has 2 aromatic rings. The number of nitrogens with one attached hydrogen (secondary N) is 1. The zero-order valence-electron chi connectivity index (χ0n) is 13.6. The lowest BCUT2D eigenvalue weighted by Gasteiger charge is -2.13. The summed E-state index contributed by atoms with van der Waals surface area (Å²) >= 11 is 3.12. The van der Waals surface area contributed by atoms with Gasteiger partial charge in [-0.2, -0.15) is 0 Å². The Morgan fingerprint density at radius 3 is 2.92 bits per heavy atom. The number of ether oxygens (including phenoxy) is 2. The first-order chi connectivity index (χ1) is 11.6. The van der Waals surface area contributed by atoms with Crippen LogP contribution in [0.5, 0.6) is 0 Å². The molecule has 1 heterocycles. The lowest BCUT2D eigenvalue weighted by Crippen LogP contribution is -2.37. The Labute approximate surface area is 148 Å². The topological polar surface area (TPSA) is 77.5 Å². The van der Waals surface area contributed by atoms with E-state index < -0.39 is 12.1 Å². The van der Waals surface area contributed by atoms with Crippen LogP contribution < -0.4 is 5.32 Å². The van der Waals surface area contributed by atoms with Crippen molar-refractivity contribution in [3.8, 4) is 0 Å². The third-order valence-electron chi connectivity index (χ3n) is 3.09. The SMILES string of the molecule is COCCNC(=O)[C@@H](C)OC(=O)CCSc1nc2ccccc2s1. The number of esters is 1. The molecule has 0 fully saturated rings. The van der Waals surface area contributed by atoms with E-state index in [-0.39, 0.29) is 12.3 Å².